The van der Waals surface area contributed by atoms with Crippen LogP contribution in [0, 0.1) is 12.7 Å². The molecule has 0 saturated heterocycles. The molecule has 25 heavy (non-hydrogen) atoms. The molecule has 0 aliphatic heterocycles. The van der Waals surface area contributed by atoms with Gasteiger partial charge in [0.25, 0.3) is 5.91 Å². The Bertz CT molecular complexity index is 853. The first-order valence-corrected chi connectivity index (χ1v) is 8.16. The monoisotopic (exact) mass is 337 g/mol. The van der Waals surface area contributed by atoms with E-state index in [4.69, 9.17) is 0 Å². The summed E-state index contributed by atoms with van der Waals surface area (Å²) in [5.41, 5.74) is 2.56. The van der Waals surface area contributed by atoms with Crippen molar-refractivity contribution in [2.24, 2.45) is 0 Å². The van der Waals surface area contributed by atoms with Gasteiger partial charge in [-0.3, -0.25) is 4.79 Å². The van der Waals surface area contributed by atoms with Gasteiger partial charge in [-0.2, -0.15) is 0 Å². The van der Waals surface area contributed by atoms with Crippen molar-refractivity contribution in [3.8, 4) is 0 Å². The van der Waals surface area contributed by atoms with Gasteiger partial charge in [-0.05, 0) is 49.2 Å². The van der Waals surface area contributed by atoms with E-state index >= 15 is 0 Å². The predicted molar refractivity (Wildman–Crippen MR) is 94.8 cm³/mol. The van der Waals surface area contributed by atoms with Gasteiger partial charge in [0.05, 0.1) is 6.04 Å². The van der Waals surface area contributed by atoms with E-state index in [0.29, 0.717) is 5.56 Å². The summed E-state index contributed by atoms with van der Waals surface area (Å²) in [6.45, 7) is 4.56. The largest absolute Gasteiger partial charge is 0.346 e. The Labute approximate surface area is 146 Å². The van der Waals surface area contributed by atoms with Gasteiger partial charge in [-0.15, -0.1) is 0 Å². The van der Waals surface area contributed by atoms with Crippen LogP contribution in [0.15, 0.2) is 60.9 Å². The third kappa shape index (κ3) is 4.12. The third-order valence-electron chi connectivity index (χ3n) is 4.21. The maximum atomic E-state index is 13.0. The van der Waals surface area contributed by atoms with Crippen LogP contribution in [0.4, 0.5) is 4.39 Å². The van der Waals surface area contributed by atoms with Crippen LogP contribution >= 0.6 is 0 Å². The maximum Gasteiger partial charge on any atom is 0.251 e. The Morgan fingerprint density at radius 1 is 1.16 bits per heavy atom. The van der Waals surface area contributed by atoms with Gasteiger partial charge in [0.2, 0.25) is 0 Å². The summed E-state index contributed by atoms with van der Waals surface area (Å²) < 4.78 is 15.0. The highest BCUT2D eigenvalue weighted by molar-refractivity contribution is 5.94. The molecular weight excluding hydrogens is 317 g/mol. The Balaban J connectivity index is 1.64. The lowest BCUT2D eigenvalue weighted by Gasteiger charge is -2.14. The molecule has 0 spiro atoms. The number of nitrogens with zero attached hydrogens (tertiary/aromatic N) is 2. The summed E-state index contributed by atoms with van der Waals surface area (Å²) in [5.74, 6) is 0.517. The van der Waals surface area contributed by atoms with E-state index in [-0.39, 0.29) is 17.8 Å². The number of nitrogens with one attached hydrogen (secondary N) is 1. The van der Waals surface area contributed by atoms with Gasteiger partial charge in [0.1, 0.15) is 11.6 Å². The fourth-order valence-electron chi connectivity index (χ4n) is 2.64. The number of hydrogen-bond donors (Lipinski definition) is 1. The molecule has 1 atom stereocenters. The Hall–Kier alpha value is -2.95. The molecule has 1 amide bonds. The minimum absolute atomic E-state index is 0.151. The number of carbonyl (C=O) groups excluding carboxylic acids is 1. The van der Waals surface area contributed by atoms with E-state index in [1.807, 2.05) is 48.9 Å². The molecule has 0 bridgehead atoms. The minimum Gasteiger partial charge on any atom is -0.346 e. The number of hydrogen-bond acceptors (Lipinski definition) is 2. The molecule has 0 fully saturated rings. The molecule has 2 aromatic carbocycles. The molecule has 1 N–H and O–H groups in total. The molecule has 1 unspecified atom stereocenters. The van der Waals surface area contributed by atoms with E-state index in [1.165, 1.54) is 12.1 Å². The second kappa shape index (κ2) is 7.30. The molecule has 0 aliphatic rings. The molecule has 1 aromatic heterocycles. The zero-order chi connectivity index (χ0) is 17.8. The molecule has 0 radical (unpaired) electrons. The molecule has 5 heteroatoms. The Morgan fingerprint density at radius 2 is 1.84 bits per heavy atom. The number of imidazole rings is 1. The number of aromatic nitrogens is 2. The van der Waals surface area contributed by atoms with Gasteiger partial charge in [-0.25, -0.2) is 9.37 Å². The second-order valence-corrected chi connectivity index (χ2v) is 6.05. The number of amides is 1. The lowest BCUT2D eigenvalue weighted by Crippen LogP contribution is -2.26. The standard InChI is InChI=1S/C20H20FN3O/c1-14(17-7-9-19(21)10-8-17)23-20(25)18-5-3-16(4-6-18)13-24-12-11-22-15(24)2/h3-12,14H,13H2,1-2H3,(H,23,25). The molecule has 4 nitrogen and oxygen atoms in total. The van der Waals surface area contributed by atoms with Crippen LogP contribution in [0.2, 0.25) is 0 Å². The quantitative estimate of drug-likeness (QED) is 0.768. The second-order valence-electron chi connectivity index (χ2n) is 6.05. The van der Waals surface area contributed by atoms with Crippen molar-refractivity contribution in [1.29, 1.82) is 0 Å². The van der Waals surface area contributed by atoms with Crippen LogP contribution < -0.4 is 5.32 Å². The van der Waals surface area contributed by atoms with E-state index in [0.717, 1.165) is 23.5 Å². The zero-order valence-corrected chi connectivity index (χ0v) is 14.2. The van der Waals surface area contributed by atoms with Crippen molar-refractivity contribution >= 4 is 5.91 Å². The van der Waals surface area contributed by atoms with Crippen molar-refractivity contribution in [1.82, 2.24) is 14.9 Å². The number of benzene rings is 2. The van der Waals surface area contributed by atoms with Crippen LogP contribution in [-0.2, 0) is 6.54 Å². The summed E-state index contributed by atoms with van der Waals surface area (Å²) in [6, 6.07) is 13.5. The minimum atomic E-state index is -0.286. The van der Waals surface area contributed by atoms with Crippen molar-refractivity contribution in [3.05, 3.63) is 89.3 Å². The van der Waals surface area contributed by atoms with Crippen LogP contribution in [0.5, 0.6) is 0 Å². The van der Waals surface area contributed by atoms with E-state index in [2.05, 4.69) is 10.3 Å². The number of carbonyl (C=O) groups is 1. The first kappa shape index (κ1) is 16.9. The maximum absolute atomic E-state index is 13.0. The lowest BCUT2D eigenvalue weighted by atomic mass is 10.1. The Kier molecular flexibility index (Phi) is 4.93. The predicted octanol–water partition coefficient (Wildman–Crippen LogP) is 3.87. The molecule has 3 rings (SSSR count). The van der Waals surface area contributed by atoms with Crippen LogP contribution in [0.3, 0.4) is 0 Å². The fourth-order valence-corrected chi connectivity index (χ4v) is 2.64. The highest BCUT2D eigenvalue weighted by Gasteiger charge is 2.11. The first-order valence-electron chi connectivity index (χ1n) is 8.16. The van der Waals surface area contributed by atoms with Crippen molar-refractivity contribution in [2.75, 3.05) is 0 Å². The number of halogens is 1. The average Bonchev–Trinajstić information content (AvgIpc) is 3.01. The van der Waals surface area contributed by atoms with E-state index in [9.17, 15) is 9.18 Å². The van der Waals surface area contributed by atoms with Crippen molar-refractivity contribution in [3.63, 3.8) is 0 Å². The third-order valence-corrected chi connectivity index (χ3v) is 4.21. The Morgan fingerprint density at radius 3 is 2.44 bits per heavy atom. The van der Waals surface area contributed by atoms with Crippen LogP contribution in [0.25, 0.3) is 0 Å². The smallest absolute Gasteiger partial charge is 0.251 e. The SMILES string of the molecule is Cc1nccn1Cc1ccc(C(=O)NC(C)c2ccc(F)cc2)cc1. The van der Waals surface area contributed by atoms with Crippen molar-refractivity contribution in [2.45, 2.75) is 26.4 Å². The molecular formula is C20H20FN3O. The topological polar surface area (TPSA) is 46.9 Å². The van der Waals surface area contributed by atoms with Crippen LogP contribution in [-0.4, -0.2) is 15.5 Å². The van der Waals surface area contributed by atoms with Gasteiger partial charge < -0.3 is 9.88 Å². The van der Waals surface area contributed by atoms with Crippen molar-refractivity contribution < 1.29 is 9.18 Å². The number of aryl methyl sites for hydroxylation is 1. The summed E-state index contributed by atoms with van der Waals surface area (Å²) in [7, 11) is 0. The zero-order valence-electron chi connectivity index (χ0n) is 14.2. The highest BCUT2D eigenvalue weighted by atomic mass is 19.1. The van der Waals surface area contributed by atoms with Gasteiger partial charge in [0, 0.05) is 24.5 Å². The van der Waals surface area contributed by atoms with Gasteiger partial charge in [0.15, 0.2) is 0 Å². The normalized spacial score (nSPS) is 12.0. The fraction of sp³-hybridized carbons (Fsp3) is 0.200. The van der Waals surface area contributed by atoms with Gasteiger partial charge >= 0.3 is 0 Å². The highest BCUT2D eigenvalue weighted by Crippen LogP contribution is 2.14. The lowest BCUT2D eigenvalue weighted by molar-refractivity contribution is 0.0940. The molecule has 0 aliphatic carbocycles. The summed E-state index contributed by atoms with van der Waals surface area (Å²) >= 11 is 0. The molecule has 1 heterocycles. The summed E-state index contributed by atoms with van der Waals surface area (Å²) in [6.07, 6.45) is 3.70. The van der Waals surface area contributed by atoms with Crippen LogP contribution in [0.1, 0.15) is 40.3 Å². The first-order chi connectivity index (χ1) is 12.0. The number of rotatable bonds is 5. The molecule has 0 saturated carbocycles. The molecule has 3 aromatic rings. The average molecular weight is 337 g/mol. The van der Waals surface area contributed by atoms with E-state index < -0.39 is 0 Å². The summed E-state index contributed by atoms with van der Waals surface area (Å²) in [5, 5.41) is 2.93. The van der Waals surface area contributed by atoms with E-state index in [1.54, 1.807) is 18.3 Å². The summed E-state index contributed by atoms with van der Waals surface area (Å²) in [4.78, 5) is 16.6. The van der Waals surface area contributed by atoms with Gasteiger partial charge in [-0.1, -0.05) is 24.3 Å². The molecule has 128 valence electrons.